The predicted molar refractivity (Wildman–Crippen MR) is 64.4 cm³/mol. The SMILES string of the molecule is N#CCNC(=O)CN(CCO)c1ccccc1. The van der Waals surface area contributed by atoms with Gasteiger partial charge in [-0.15, -0.1) is 0 Å². The first kappa shape index (κ1) is 13.0. The second-order valence-corrected chi connectivity index (χ2v) is 3.42. The van der Waals surface area contributed by atoms with Gasteiger partial charge in [0.05, 0.1) is 19.2 Å². The predicted octanol–water partition coefficient (Wildman–Crippen LogP) is 0.125. The molecule has 0 saturated heterocycles. The zero-order valence-electron chi connectivity index (χ0n) is 9.47. The third kappa shape index (κ3) is 4.53. The molecule has 0 spiro atoms. The van der Waals surface area contributed by atoms with Crippen LogP contribution in [0.3, 0.4) is 0 Å². The van der Waals surface area contributed by atoms with Gasteiger partial charge in [-0.2, -0.15) is 5.26 Å². The Kier molecular flexibility index (Phi) is 5.55. The van der Waals surface area contributed by atoms with Gasteiger partial charge >= 0.3 is 0 Å². The molecule has 0 radical (unpaired) electrons. The van der Waals surface area contributed by atoms with Gasteiger partial charge in [0.25, 0.3) is 0 Å². The Balaban J connectivity index is 2.61. The second kappa shape index (κ2) is 7.25. The number of rotatable bonds is 6. The highest BCUT2D eigenvalue weighted by Crippen LogP contribution is 2.11. The molecule has 0 aliphatic carbocycles. The van der Waals surface area contributed by atoms with E-state index in [-0.39, 0.29) is 25.6 Å². The minimum atomic E-state index is -0.233. The molecular weight excluding hydrogens is 218 g/mol. The molecule has 0 saturated carbocycles. The van der Waals surface area contributed by atoms with Crippen LogP contribution in [0.2, 0.25) is 0 Å². The number of nitrogens with one attached hydrogen (secondary N) is 1. The lowest BCUT2D eigenvalue weighted by molar-refractivity contribution is -0.119. The quantitative estimate of drug-likeness (QED) is 0.684. The first-order valence-corrected chi connectivity index (χ1v) is 5.32. The van der Waals surface area contributed by atoms with E-state index in [1.807, 2.05) is 36.4 Å². The van der Waals surface area contributed by atoms with E-state index in [4.69, 9.17) is 10.4 Å². The molecule has 17 heavy (non-hydrogen) atoms. The fourth-order valence-electron chi connectivity index (χ4n) is 1.43. The summed E-state index contributed by atoms with van der Waals surface area (Å²) >= 11 is 0. The summed E-state index contributed by atoms with van der Waals surface area (Å²) in [6.07, 6.45) is 0. The maximum Gasteiger partial charge on any atom is 0.240 e. The van der Waals surface area contributed by atoms with Crippen molar-refractivity contribution in [3.8, 4) is 6.07 Å². The first-order chi connectivity index (χ1) is 8.27. The zero-order valence-corrected chi connectivity index (χ0v) is 9.47. The summed E-state index contributed by atoms with van der Waals surface area (Å²) in [5.74, 6) is -0.233. The number of anilines is 1. The van der Waals surface area contributed by atoms with Crippen molar-refractivity contribution < 1.29 is 9.90 Å². The Bertz CT molecular complexity index is 386. The van der Waals surface area contributed by atoms with Crippen LogP contribution in [-0.2, 0) is 4.79 Å². The number of hydrogen-bond donors (Lipinski definition) is 2. The van der Waals surface area contributed by atoms with Gasteiger partial charge in [-0.05, 0) is 12.1 Å². The average molecular weight is 233 g/mol. The van der Waals surface area contributed by atoms with Crippen molar-refractivity contribution in [2.45, 2.75) is 0 Å². The summed E-state index contributed by atoms with van der Waals surface area (Å²) in [5, 5.41) is 19.8. The highest BCUT2D eigenvalue weighted by atomic mass is 16.3. The van der Waals surface area contributed by atoms with Crippen molar-refractivity contribution in [1.82, 2.24) is 5.32 Å². The molecule has 0 fully saturated rings. The molecular formula is C12H15N3O2. The molecule has 0 aliphatic heterocycles. The molecule has 0 bridgehead atoms. The number of para-hydroxylation sites is 1. The molecule has 0 atom stereocenters. The standard InChI is InChI=1S/C12H15N3O2/c13-6-7-14-12(17)10-15(8-9-16)11-4-2-1-3-5-11/h1-5,16H,7-10H2,(H,14,17). The number of carbonyl (C=O) groups is 1. The molecule has 1 rings (SSSR count). The van der Waals surface area contributed by atoms with Gasteiger partial charge < -0.3 is 15.3 Å². The summed E-state index contributed by atoms with van der Waals surface area (Å²) in [7, 11) is 0. The van der Waals surface area contributed by atoms with E-state index in [1.165, 1.54) is 0 Å². The number of amides is 1. The van der Waals surface area contributed by atoms with Gasteiger partial charge in [-0.25, -0.2) is 0 Å². The van der Waals surface area contributed by atoms with Crippen LogP contribution < -0.4 is 10.2 Å². The zero-order chi connectivity index (χ0) is 12.5. The van der Waals surface area contributed by atoms with Crippen LogP contribution in [0.4, 0.5) is 5.69 Å². The molecule has 5 nitrogen and oxygen atoms in total. The third-order valence-corrected chi connectivity index (χ3v) is 2.19. The maximum absolute atomic E-state index is 11.5. The van der Waals surface area contributed by atoms with Crippen LogP contribution in [0.25, 0.3) is 0 Å². The molecule has 0 aliphatic rings. The largest absolute Gasteiger partial charge is 0.395 e. The van der Waals surface area contributed by atoms with E-state index in [9.17, 15) is 4.79 Å². The number of aliphatic hydroxyl groups is 1. The molecule has 1 aromatic rings. The second-order valence-electron chi connectivity index (χ2n) is 3.42. The van der Waals surface area contributed by atoms with Crippen LogP contribution in [0.5, 0.6) is 0 Å². The van der Waals surface area contributed by atoms with Crippen molar-refractivity contribution in [3.05, 3.63) is 30.3 Å². The van der Waals surface area contributed by atoms with Gasteiger partial charge in [0, 0.05) is 12.2 Å². The van der Waals surface area contributed by atoms with Crippen LogP contribution in [0, 0.1) is 11.3 Å². The van der Waals surface area contributed by atoms with Gasteiger partial charge in [-0.1, -0.05) is 18.2 Å². The number of nitriles is 1. The molecule has 1 aromatic carbocycles. The van der Waals surface area contributed by atoms with E-state index in [0.29, 0.717) is 6.54 Å². The summed E-state index contributed by atoms with van der Waals surface area (Å²) < 4.78 is 0. The van der Waals surface area contributed by atoms with Gasteiger partial charge in [0.15, 0.2) is 0 Å². The molecule has 0 unspecified atom stereocenters. The number of benzene rings is 1. The normalized spacial score (nSPS) is 9.41. The van der Waals surface area contributed by atoms with Crippen LogP contribution in [0.1, 0.15) is 0 Å². The van der Waals surface area contributed by atoms with Crippen LogP contribution in [0.15, 0.2) is 30.3 Å². The molecule has 0 heterocycles. The van der Waals surface area contributed by atoms with Crippen molar-refractivity contribution in [1.29, 1.82) is 5.26 Å². The van der Waals surface area contributed by atoms with Gasteiger partial charge in [0.2, 0.25) is 5.91 Å². The van der Waals surface area contributed by atoms with E-state index >= 15 is 0 Å². The van der Waals surface area contributed by atoms with E-state index < -0.39 is 0 Å². The Labute approximate surface area is 100 Å². The van der Waals surface area contributed by atoms with Crippen molar-refractivity contribution >= 4 is 11.6 Å². The number of hydrogen-bond acceptors (Lipinski definition) is 4. The smallest absolute Gasteiger partial charge is 0.240 e. The molecule has 1 amide bonds. The minimum absolute atomic E-state index is 0.000583. The molecule has 90 valence electrons. The first-order valence-electron chi connectivity index (χ1n) is 5.32. The number of carbonyl (C=O) groups excluding carboxylic acids is 1. The van der Waals surface area contributed by atoms with Crippen molar-refractivity contribution in [3.63, 3.8) is 0 Å². The molecule has 0 aromatic heterocycles. The summed E-state index contributed by atoms with van der Waals surface area (Å²) in [5.41, 5.74) is 0.869. The van der Waals surface area contributed by atoms with Crippen LogP contribution >= 0.6 is 0 Å². The Morgan fingerprint density at radius 3 is 2.71 bits per heavy atom. The lowest BCUT2D eigenvalue weighted by Crippen LogP contribution is -2.38. The fourth-order valence-corrected chi connectivity index (χ4v) is 1.43. The van der Waals surface area contributed by atoms with Crippen LogP contribution in [-0.4, -0.2) is 37.3 Å². The lowest BCUT2D eigenvalue weighted by atomic mass is 10.3. The Morgan fingerprint density at radius 2 is 2.12 bits per heavy atom. The monoisotopic (exact) mass is 233 g/mol. The third-order valence-electron chi connectivity index (χ3n) is 2.19. The van der Waals surface area contributed by atoms with Gasteiger partial charge in [-0.3, -0.25) is 4.79 Å². The van der Waals surface area contributed by atoms with E-state index in [2.05, 4.69) is 5.32 Å². The summed E-state index contributed by atoms with van der Waals surface area (Å²) in [6.45, 7) is 0.483. The minimum Gasteiger partial charge on any atom is -0.395 e. The molecule has 2 N–H and O–H groups in total. The summed E-state index contributed by atoms with van der Waals surface area (Å²) in [6, 6.07) is 11.2. The van der Waals surface area contributed by atoms with Gasteiger partial charge in [0.1, 0.15) is 6.54 Å². The fraction of sp³-hybridized carbons (Fsp3) is 0.333. The Morgan fingerprint density at radius 1 is 1.41 bits per heavy atom. The average Bonchev–Trinajstić information content (AvgIpc) is 2.37. The van der Waals surface area contributed by atoms with E-state index in [0.717, 1.165) is 5.69 Å². The lowest BCUT2D eigenvalue weighted by Gasteiger charge is -2.22. The highest BCUT2D eigenvalue weighted by Gasteiger charge is 2.10. The van der Waals surface area contributed by atoms with Crippen molar-refractivity contribution in [2.24, 2.45) is 0 Å². The number of nitrogens with zero attached hydrogens (tertiary/aromatic N) is 2. The number of aliphatic hydroxyl groups excluding tert-OH is 1. The topological polar surface area (TPSA) is 76.4 Å². The maximum atomic E-state index is 11.5. The highest BCUT2D eigenvalue weighted by molar-refractivity contribution is 5.81. The molecule has 5 heteroatoms. The Hall–Kier alpha value is -2.06. The van der Waals surface area contributed by atoms with Crippen molar-refractivity contribution in [2.75, 3.05) is 31.1 Å². The van der Waals surface area contributed by atoms with E-state index in [1.54, 1.807) is 4.90 Å². The summed E-state index contributed by atoms with van der Waals surface area (Å²) in [4.78, 5) is 13.2.